The number of rotatable bonds is 9. The maximum atomic E-state index is 14.6. The van der Waals surface area contributed by atoms with Crippen LogP contribution in [0.5, 0.6) is 11.5 Å². The molecule has 2 atom stereocenters. The number of urea groups is 1. The maximum absolute atomic E-state index is 14.6. The van der Waals surface area contributed by atoms with Crippen LogP contribution >= 0.6 is 23.2 Å². The molecule has 2 aliphatic rings. The van der Waals surface area contributed by atoms with E-state index in [1.165, 1.54) is 25.3 Å². The number of benzene rings is 4. The van der Waals surface area contributed by atoms with E-state index < -0.39 is 19.2 Å². The molecule has 50 heavy (non-hydrogen) atoms. The van der Waals surface area contributed by atoms with Gasteiger partial charge < -0.3 is 30.1 Å². The lowest BCUT2D eigenvalue weighted by Gasteiger charge is -2.39. The summed E-state index contributed by atoms with van der Waals surface area (Å²) >= 11 is 12.5. The number of piperazine rings is 1. The smallest absolute Gasteiger partial charge is 0.488 e. The second kappa shape index (κ2) is 15.5. The summed E-state index contributed by atoms with van der Waals surface area (Å²) in [6.45, 7) is 2.96. The number of aliphatic imine (C=N–C) groups is 1. The van der Waals surface area contributed by atoms with Gasteiger partial charge in [0.2, 0.25) is 0 Å². The number of halogens is 2. The second-order valence-corrected chi connectivity index (χ2v) is 12.9. The minimum Gasteiger partial charge on any atom is -0.507 e. The molecular weight excluding hydrogens is 680 g/mol. The highest BCUT2D eigenvalue weighted by atomic mass is 35.5. The lowest BCUT2D eigenvalue weighted by Crippen LogP contribution is -2.54. The van der Waals surface area contributed by atoms with Gasteiger partial charge in [0.05, 0.1) is 18.7 Å². The fourth-order valence-corrected chi connectivity index (χ4v) is 6.52. The Morgan fingerprint density at radius 3 is 2.18 bits per heavy atom. The summed E-state index contributed by atoms with van der Waals surface area (Å²) in [5.41, 5.74) is 2.64. The average molecular weight is 716 g/mol. The van der Waals surface area contributed by atoms with Crippen LogP contribution in [-0.4, -0.2) is 101 Å². The number of hydrogen-bond donors (Lipinski definition) is 4. The van der Waals surface area contributed by atoms with Crippen LogP contribution in [0.15, 0.2) is 96.0 Å². The third-order valence-corrected chi connectivity index (χ3v) is 9.45. The van der Waals surface area contributed by atoms with Crippen LogP contribution in [0.1, 0.15) is 39.1 Å². The van der Waals surface area contributed by atoms with Crippen molar-refractivity contribution in [2.75, 3.05) is 46.4 Å². The molecule has 1 fully saturated rings. The van der Waals surface area contributed by atoms with Gasteiger partial charge in [0.15, 0.2) is 0 Å². The summed E-state index contributed by atoms with van der Waals surface area (Å²) in [6.07, 6.45) is 0. The fourth-order valence-electron chi connectivity index (χ4n) is 6.27. The number of phenolic OH excluding ortho intramolecular Hbond substituents is 1. The van der Waals surface area contributed by atoms with Gasteiger partial charge in [-0.3, -0.25) is 19.6 Å². The molecule has 0 radical (unpaired) electrons. The van der Waals surface area contributed by atoms with E-state index >= 15 is 0 Å². The van der Waals surface area contributed by atoms with Crippen LogP contribution in [0.25, 0.3) is 0 Å². The number of ether oxygens (including phenoxy) is 1. The number of aromatic hydroxyl groups is 1. The fraction of sp³-hybridized carbons (Fsp3) is 0.250. The van der Waals surface area contributed by atoms with Crippen molar-refractivity contribution >= 4 is 53.6 Å². The van der Waals surface area contributed by atoms with E-state index in [4.69, 9.17) is 32.9 Å². The molecule has 258 valence electrons. The van der Waals surface area contributed by atoms with Gasteiger partial charge in [0.25, 0.3) is 5.91 Å². The van der Waals surface area contributed by atoms with E-state index in [2.05, 4.69) is 10.2 Å². The molecule has 0 aromatic heterocycles. The summed E-state index contributed by atoms with van der Waals surface area (Å²) in [4.78, 5) is 38.0. The van der Waals surface area contributed by atoms with E-state index in [1.54, 1.807) is 58.3 Å². The van der Waals surface area contributed by atoms with E-state index in [0.29, 0.717) is 72.0 Å². The van der Waals surface area contributed by atoms with Gasteiger partial charge in [-0.15, -0.1) is 0 Å². The van der Waals surface area contributed by atoms with Gasteiger partial charge in [0.1, 0.15) is 23.4 Å². The number of nitrogens with zero attached hydrogens (tertiary/aromatic N) is 4. The molecular formula is C36H36BCl2N5O6. The summed E-state index contributed by atoms with van der Waals surface area (Å²) in [5, 5.41) is 34.0. The predicted octanol–water partition coefficient (Wildman–Crippen LogP) is 4.10. The van der Waals surface area contributed by atoms with Crippen molar-refractivity contribution < 1.29 is 29.5 Å². The third-order valence-electron chi connectivity index (χ3n) is 8.95. The van der Waals surface area contributed by atoms with Crippen molar-refractivity contribution in [1.29, 1.82) is 0 Å². The van der Waals surface area contributed by atoms with Crippen LogP contribution in [0.4, 0.5) is 4.79 Å². The Hall–Kier alpha value is -4.59. The monoisotopic (exact) mass is 715 g/mol. The molecule has 6 rings (SSSR count). The van der Waals surface area contributed by atoms with Crippen molar-refractivity contribution in [1.82, 2.24) is 20.0 Å². The maximum Gasteiger partial charge on any atom is 0.488 e. The molecule has 0 saturated carbocycles. The molecule has 2 heterocycles. The zero-order chi connectivity index (χ0) is 35.4. The van der Waals surface area contributed by atoms with Crippen LogP contribution in [0.3, 0.4) is 0 Å². The van der Waals surface area contributed by atoms with E-state index in [0.717, 1.165) is 11.1 Å². The summed E-state index contributed by atoms with van der Waals surface area (Å²) in [5.74, 6) is 0.417. The highest BCUT2D eigenvalue weighted by Gasteiger charge is 2.44. The zero-order valence-corrected chi connectivity index (χ0v) is 28.8. The Kier molecular flexibility index (Phi) is 10.9. The van der Waals surface area contributed by atoms with Crippen molar-refractivity contribution in [3.8, 4) is 11.5 Å². The van der Waals surface area contributed by atoms with Crippen molar-refractivity contribution in [3.05, 3.63) is 123 Å². The van der Waals surface area contributed by atoms with Gasteiger partial charge in [0, 0.05) is 60.9 Å². The number of amides is 3. The number of hydrogen-bond acceptors (Lipinski definition) is 8. The lowest BCUT2D eigenvalue weighted by atomic mass is 9.79. The van der Waals surface area contributed by atoms with E-state index in [9.17, 15) is 24.7 Å². The van der Waals surface area contributed by atoms with Crippen LogP contribution in [-0.2, 0) is 0 Å². The number of carbonyl (C=O) groups excluding carboxylic acids is 2. The number of amidine groups is 1. The van der Waals surface area contributed by atoms with Gasteiger partial charge in [-0.1, -0.05) is 59.6 Å². The van der Waals surface area contributed by atoms with Gasteiger partial charge in [-0.25, -0.2) is 4.79 Å². The topological polar surface area (TPSA) is 138 Å². The minimum atomic E-state index is -1.66. The number of methoxy groups -OCH3 is 1. The summed E-state index contributed by atoms with van der Waals surface area (Å²) < 4.78 is 5.31. The van der Waals surface area contributed by atoms with Gasteiger partial charge >= 0.3 is 13.1 Å². The highest BCUT2D eigenvalue weighted by molar-refractivity contribution is 6.58. The molecule has 3 amide bonds. The Labute approximate surface area is 300 Å². The molecule has 1 saturated heterocycles. The molecule has 0 spiro atoms. The summed E-state index contributed by atoms with van der Waals surface area (Å²) in [6, 6.07) is 24.5. The molecule has 4 aromatic carbocycles. The Balaban J connectivity index is 1.22. The van der Waals surface area contributed by atoms with Crippen LogP contribution in [0.2, 0.25) is 10.0 Å². The molecule has 14 heteroatoms. The molecule has 4 N–H and O–H groups in total. The quantitative estimate of drug-likeness (QED) is 0.192. The molecule has 2 aliphatic heterocycles. The van der Waals surface area contributed by atoms with Crippen molar-refractivity contribution in [3.63, 3.8) is 0 Å². The molecule has 0 unspecified atom stereocenters. The normalized spacial score (nSPS) is 17.7. The summed E-state index contributed by atoms with van der Waals surface area (Å²) in [7, 11) is -0.141. The second-order valence-electron chi connectivity index (χ2n) is 12.1. The SMILES string of the molecule is COc1ccc(C2=N[C@@H](c3ccc(Cl)cc3)[C@@H](c3ccc(Cl)cc3)N2C(=O)N2CCN(CCNC(=O)c3cccc(B(O)O)c3)CC2)c(O)c1. The lowest BCUT2D eigenvalue weighted by molar-refractivity contribution is 0.0938. The first-order valence-corrected chi connectivity index (χ1v) is 16.9. The minimum absolute atomic E-state index is 0.0707. The standard InChI is InChI=1S/C36H36BCl2N5O6/c1-50-29-13-14-30(31(45)22-29)34-41-32(23-5-9-27(38)10-6-23)33(24-7-11-28(39)12-8-24)44(34)36(47)43-19-17-42(18-20-43)16-15-40-35(46)25-3-2-4-26(21-25)37(48)49/h2-14,21-22,32-33,45,48-49H,15-20H2,1H3,(H,40,46)/t32-,33+/m0/s1. The molecule has 0 aliphatic carbocycles. The first-order chi connectivity index (χ1) is 24.1. The zero-order valence-electron chi connectivity index (χ0n) is 27.2. The first-order valence-electron chi connectivity index (χ1n) is 16.1. The number of phenols is 1. The Morgan fingerprint density at radius 1 is 0.900 bits per heavy atom. The van der Waals surface area contributed by atoms with Gasteiger partial charge in [-0.2, -0.15) is 0 Å². The number of nitrogens with one attached hydrogen (secondary N) is 1. The van der Waals surface area contributed by atoms with Crippen molar-refractivity contribution in [2.45, 2.75) is 12.1 Å². The first kappa shape index (κ1) is 35.2. The van der Waals surface area contributed by atoms with Crippen molar-refractivity contribution in [2.24, 2.45) is 4.99 Å². The highest BCUT2D eigenvalue weighted by Crippen LogP contribution is 2.45. The molecule has 0 bridgehead atoms. The van der Waals surface area contributed by atoms with Crippen LogP contribution in [0, 0.1) is 0 Å². The Morgan fingerprint density at radius 2 is 1.56 bits per heavy atom. The number of carbonyl (C=O) groups is 2. The Bertz CT molecular complexity index is 1870. The molecule has 4 aromatic rings. The largest absolute Gasteiger partial charge is 0.507 e. The van der Waals surface area contributed by atoms with E-state index in [1.807, 2.05) is 24.3 Å². The average Bonchev–Trinajstić information content (AvgIpc) is 3.52. The predicted molar refractivity (Wildman–Crippen MR) is 193 cm³/mol. The third kappa shape index (κ3) is 7.75. The van der Waals surface area contributed by atoms with Crippen LogP contribution < -0.4 is 15.5 Å². The molecule has 11 nitrogen and oxygen atoms in total. The van der Waals surface area contributed by atoms with Gasteiger partial charge in [-0.05, 0) is 65.1 Å². The van der Waals surface area contributed by atoms with E-state index in [-0.39, 0.29) is 23.2 Å².